The Morgan fingerprint density at radius 1 is 1.16 bits per heavy atom. The zero-order valence-corrected chi connectivity index (χ0v) is 11.3. The van der Waals surface area contributed by atoms with Gasteiger partial charge in [-0.2, -0.15) is 0 Å². The van der Waals surface area contributed by atoms with Crippen LogP contribution in [0.3, 0.4) is 0 Å². The molecule has 1 aromatic rings. The van der Waals surface area contributed by atoms with E-state index >= 15 is 0 Å². The van der Waals surface area contributed by atoms with Gasteiger partial charge in [-0.15, -0.1) is 0 Å². The minimum Gasteiger partial charge on any atom is -0.410 e. The normalized spacial score (nSPS) is 26.1. The second-order valence-corrected chi connectivity index (χ2v) is 5.40. The van der Waals surface area contributed by atoms with Crippen LogP contribution in [0.1, 0.15) is 18.4 Å². The van der Waals surface area contributed by atoms with Crippen LogP contribution in [-0.4, -0.2) is 48.1 Å². The van der Waals surface area contributed by atoms with Crippen molar-refractivity contribution >= 4 is 6.09 Å². The first-order valence-corrected chi connectivity index (χ1v) is 7.00. The smallest absolute Gasteiger partial charge is 0.410 e. The molecule has 0 radical (unpaired) electrons. The lowest BCUT2D eigenvalue weighted by Gasteiger charge is -2.30. The van der Waals surface area contributed by atoms with Crippen LogP contribution in [0.2, 0.25) is 0 Å². The average Bonchev–Trinajstić information content (AvgIpc) is 2.75. The molecule has 1 aromatic carbocycles. The van der Waals surface area contributed by atoms with Crippen molar-refractivity contribution in [3.05, 3.63) is 29.8 Å². The number of para-hydroxylation sites is 1. The lowest BCUT2D eigenvalue weighted by atomic mass is 10.1. The van der Waals surface area contributed by atoms with Gasteiger partial charge in [-0.05, 0) is 31.4 Å². The van der Waals surface area contributed by atoms with Gasteiger partial charge in [0.25, 0.3) is 0 Å². The molecule has 3 saturated heterocycles. The maximum absolute atomic E-state index is 12.3. The van der Waals surface area contributed by atoms with E-state index in [0.29, 0.717) is 11.8 Å². The predicted octanol–water partition coefficient (Wildman–Crippen LogP) is 2.27. The highest BCUT2D eigenvalue weighted by Gasteiger charge is 2.32. The van der Waals surface area contributed by atoms with Crippen molar-refractivity contribution in [2.45, 2.75) is 25.8 Å². The second-order valence-electron chi connectivity index (χ2n) is 5.40. The van der Waals surface area contributed by atoms with E-state index in [4.69, 9.17) is 4.74 Å². The molecular weight excluding hydrogens is 240 g/mol. The van der Waals surface area contributed by atoms with Crippen molar-refractivity contribution in [2.75, 3.05) is 26.2 Å². The third-order valence-electron chi connectivity index (χ3n) is 4.18. The van der Waals surface area contributed by atoms with Crippen LogP contribution >= 0.6 is 0 Å². The number of piperidine rings is 1. The van der Waals surface area contributed by atoms with Gasteiger partial charge in [0.15, 0.2) is 0 Å². The summed E-state index contributed by atoms with van der Waals surface area (Å²) in [5.74, 6) is 0.673. The number of hydrogen-bond donors (Lipinski definition) is 0. The molecule has 0 unspecified atom stereocenters. The monoisotopic (exact) mass is 260 g/mol. The van der Waals surface area contributed by atoms with Crippen LogP contribution < -0.4 is 4.74 Å². The Bertz CT molecular complexity index is 467. The fourth-order valence-electron chi connectivity index (χ4n) is 2.95. The third kappa shape index (κ3) is 2.59. The molecule has 1 amide bonds. The molecule has 3 fully saturated rings. The van der Waals surface area contributed by atoms with Gasteiger partial charge in [0.1, 0.15) is 5.75 Å². The van der Waals surface area contributed by atoms with Gasteiger partial charge in [-0.1, -0.05) is 18.2 Å². The summed E-state index contributed by atoms with van der Waals surface area (Å²) in [5, 5.41) is 0. The summed E-state index contributed by atoms with van der Waals surface area (Å²) in [5.41, 5.74) is 0.999. The number of fused-ring (bicyclic) bond motifs is 4. The highest BCUT2D eigenvalue weighted by Crippen LogP contribution is 2.23. The summed E-state index contributed by atoms with van der Waals surface area (Å²) < 4.78 is 5.56. The van der Waals surface area contributed by atoms with Crippen LogP contribution in [0.25, 0.3) is 0 Å². The van der Waals surface area contributed by atoms with Crippen molar-refractivity contribution in [3.63, 3.8) is 0 Å². The number of carbonyl (C=O) groups excluding carboxylic acids is 1. The number of benzene rings is 1. The number of hydrogen-bond acceptors (Lipinski definition) is 3. The van der Waals surface area contributed by atoms with Crippen molar-refractivity contribution in [3.8, 4) is 5.75 Å². The number of carbonyl (C=O) groups is 1. The molecule has 0 saturated carbocycles. The van der Waals surface area contributed by atoms with Gasteiger partial charge >= 0.3 is 6.09 Å². The molecule has 19 heavy (non-hydrogen) atoms. The van der Waals surface area contributed by atoms with Crippen molar-refractivity contribution in [1.82, 2.24) is 9.80 Å². The van der Waals surface area contributed by atoms with E-state index in [9.17, 15) is 4.79 Å². The van der Waals surface area contributed by atoms with Gasteiger partial charge in [-0.25, -0.2) is 4.79 Å². The quantitative estimate of drug-likeness (QED) is 0.776. The Morgan fingerprint density at radius 2 is 1.89 bits per heavy atom. The second kappa shape index (κ2) is 5.21. The Morgan fingerprint density at radius 3 is 2.63 bits per heavy atom. The van der Waals surface area contributed by atoms with Gasteiger partial charge in [0.2, 0.25) is 0 Å². The Hall–Kier alpha value is -1.55. The highest BCUT2D eigenvalue weighted by molar-refractivity contribution is 5.71. The van der Waals surface area contributed by atoms with Gasteiger partial charge in [0.05, 0.1) is 0 Å². The Balaban J connectivity index is 1.72. The first-order valence-electron chi connectivity index (χ1n) is 7.00. The SMILES string of the molecule is Cc1ccccc1OC(=O)N1CCN2CCC1CC2. The van der Waals surface area contributed by atoms with Crippen LogP contribution in [-0.2, 0) is 0 Å². The maximum atomic E-state index is 12.3. The third-order valence-corrected chi connectivity index (χ3v) is 4.18. The van der Waals surface area contributed by atoms with Gasteiger partial charge in [-0.3, -0.25) is 0 Å². The number of nitrogens with zero attached hydrogens (tertiary/aromatic N) is 2. The van der Waals surface area contributed by atoms with Crippen molar-refractivity contribution in [2.24, 2.45) is 0 Å². The molecule has 4 nitrogen and oxygen atoms in total. The molecule has 0 atom stereocenters. The first-order chi connectivity index (χ1) is 9.24. The lowest BCUT2D eigenvalue weighted by Crippen LogP contribution is -2.43. The standard InChI is InChI=1S/C15H20N2O2/c1-12-4-2-3-5-14(12)19-15(18)17-11-10-16-8-6-13(17)7-9-16/h2-5,13H,6-11H2,1H3. The summed E-state index contributed by atoms with van der Waals surface area (Å²) in [6.07, 6.45) is 1.95. The number of rotatable bonds is 1. The fourth-order valence-corrected chi connectivity index (χ4v) is 2.95. The van der Waals surface area contributed by atoms with Gasteiger partial charge < -0.3 is 14.5 Å². The summed E-state index contributed by atoms with van der Waals surface area (Å²) in [4.78, 5) is 16.7. The van der Waals surface area contributed by atoms with E-state index in [1.807, 2.05) is 36.1 Å². The van der Waals surface area contributed by atoms with Crippen LogP contribution in [0.15, 0.2) is 24.3 Å². The van der Waals surface area contributed by atoms with E-state index in [-0.39, 0.29) is 6.09 Å². The number of aryl methyl sites for hydroxylation is 1. The summed E-state index contributed by atoms with van der Waals surface area (Å²) in [6.45, 7) is 5.94. The molecule has 0 N–H and O–H groups in total. The number of ether oxygens (including phenoxy) is 1. The number of amides is 1. The largest absolute Gasteiger partial charge is 0.415 e. The fraction of sp³-hybridized carbons (Fsp3) is 0.533. The molecule has 0 spiro atoms. The van der Waals surface area contributed by atoms with E-state index in [0.717, 1.165) is 44.6 Å². The molecule has 2 bridgehead atoms. The van der Waals surface area contributed by atoms with E-state index in [2.05, 4.69) is 4.90 Å². The van der Waals surface area contributed by atoms with Crippen LogP contribution in [0, 0.1) is 6.92 Å². The molecular formula is C15H20N2O2. The van der Waals surface area contributed by atoms with Crippen LogP contribution in [0.4, 0.5) is 4.79 Å². The first kappa shape index (κ1) is 12.5. The van der Waals surface area contributed by atoms with E-state index in [1.165, 1.54) is 0 Å². The zero-order chi connectivity index (χ0) is 13.2. The zero-order valence-electron chi connectivity index (χ0n) is 11.3. The highest BCUT2D eigenvalue weighted by atomic mass is 16.6. The van der Waals surface area contributed by atoms with Crippen molar-refractivity contribution in [1.29, 1.82) is 0 Å². The minimum atomic E-state index is -0.192. The molecule has 3 aliphatic heterocycles. The molecule has 0 aliphatic carbocycles. The minimum absolute atomic E-state index is 0.192. The molecule has 102 valence electrons. The average molecular weight is 260 g/mol. The topological polar surface area (TPSA) is 32.8 Å². The summed E-state index contributed by atoms with van der Waals surface area (Å²) in [6, 6.07) is 8.02. The molecule has 4 rings (SSSR count). The maximum Gasteiger partial charge on any atom is 0.415 e. The van der Waals surface area contributed by atoms with E-state index < -0.39 is 0 Å². The summed E-state index contributed by atoms with van der Waals surface area (Å²) in [7, 11) is 0. The Kier molecular flexibility index (Phi) is 3.42. The Labute approximate surface area is 113 Å². The van der Waals surface area contributed by atoms with Crippen LogP contribution in [0.5, 0.6) is 5.75 Å². The molecule has 3 aliphatic rings. The van der Waals surface area contributed by atoms with Gasteiger partial charge in [0, 0.05) is 32.2 Å². The summed E-state index contributed by atoms with van der Waals surface area (Å²) >= 11 is 0. The molecule has 4 heteroatoms. The lowest BCUT2D eigenvalue weighted by molar-refractivity contribution is 0.130. The molecule has 3 heterocycles. The molecule has 0 aromatic heterocycles. The van der Waals surface area contributed by atoms with Crippen molar-refractivity contribution < 1.29 is 9.53 Å². The van der Waals surface area contributed by atoms with E-state index in [1.54, 1.807) is 0 Å². The predicted molar refractivity (Wildman–Crippen MR) is 73.4 cm³/mol.